The van der Waals surface area contributed by atoms with Gasteiger partial charge in [-0.3, -0.25) is 0 Å². The Morgan fingerprint density at radius 1 is 1.42 bits per heavy atom. The molecule has 2 aromatic rings. The van der Waals surface area contributed by atoms with Crippen LogP contribution < -0.4 is 4.72 Å². The molecule has 0 radical (unpaired) electrons. The van der Waals surface area contributed by atoms with E-state index >= 15 is 0 Å². The van der Waals surface area contributed by atoms with E-state index in [9.17, 15) is 8.42 Å². The normalized spacial score (nSPS) is 11.7. The number of nitrogens with one attached hydrogen (secondary N) is 1. The van der Waals surface area contributed by atoms with Crippen molar-refractivity contribution in [2.75, 3.05) is 0 Å². The highest BCUT2D eigenvalue weighted by Gasteiger charge is 2.16. The summed E-state index contributed by atoms with van der Waals surface area (Å²) in [5.74, 6) is 0.611. The molecule has 2 N–H and O–H groups in total. The largest absolute Gasteiger partial charge is 0.392 e. The van der Waals surface area contributed by atoms with Gasteiger partial charge in [0.05, 0.1) is 18.8 Å². The van der Waals surface area contributed by atoms with Crippen molar-refractivity contribution in [3.05, 3.63) is 41.4 Å². The van der Waals surface area contributed by atoms with Crippen LogP contribution in [0.15, 0.2) is 33.9 Å². The minimum atomic E-state index is -3.70. The summed E-state index contributed by atoms with van der Waals surface area (Å²) in [6.07, 6.45) is 1.31. The average Bonchev–Trinajstić information content (AvgIpc) is 2.82. The maximum atomic E-state index is 11.9. The van der Waals surface area contributed by atoms with E-state index in [0.29, 0.717) is 17.0 Å². The lowest BCUT2D eigenvalue weighted by atomic mass is 10.3. The lowest BCUT2D eigenvalue weighted by molar-refractivity contribution is 0.281. The Morgan fingerprint density at radius 2 is 2.21 bits per heavy atom. The third kappa shape index (κ3) is 3.37. The van der Waals surface area contributed by atoms with Gasteiger partial charge in [-0.25, -0.2) is 18.1 Å². The molecule has 102 valence electrons. The molecule has 7 nitrogen and oxygen atoms in total. The molecule has 0 unspecified atom stereocenters. The molecule has 2 aromatic heterocycles. The topological polar surface area (TPSA) is 105 Å². The van der Waals surface area contributed by atoms with E-state index < -0.39 is 10.0 Å². The second-order valence-corrected chi connectivity index (χ2v) is 5.63. The number of aromatic nitrogens is 2. The fourth-order valence-electron chi connectivity index (χ4n) is 1.41. The molecule has 0 spiro atoms. The van der Waals surface area contributed by atoms with Crippen molar-refractivity contribution < 1.29 is 18.0 Å². The van der Waals surface area contributed by atoms with E-state index in [1.807, 2.05) is 0 Å². The van der Waals surface area contributed by atoms with Crippen LogP contribution in [0.3, 0.4) is 0 Å². The molecule has 0 bridgehead atoms. The standard InChI is InChI=1S/C11H13N3O4S/c1-8-4-10(14-18-8)6-13-19(16,17)11-3-2-9(7-15)5-12-11/h2-5,13,15H,6-7H2,1H3. The molecule has 0 amide bonds. The molecule has 0 aliphatic rings. The molecule has 0 atom stereocenters. The smallest absolute Gasteiger partial charge is 0.258 e. The third-order valence-corrected chi connectivity index (χ3v) is 3.69. The van der Waals surface area contributed by atoms with Crippen molar-refractivity contribution in [1.82, 2.24) is 14.9 Å². The van der Waals surface area contributed by atoms with E-state index in [4.69, 9.17) is 9.63 Å². The van der Waals surface area contributed by atoms with E-state index in [2.05, 4.69) is 14.9 Å². The minimum Gasteiger partial charge on any atom is -0.392 e. The van der Waals surface area contributed by atoms with Crippen LogP contribution >= 0.6 is 0 Å². The number of sulfonamides is 1. The van der Waals surface area contributed by atoms with Crippen molar-refractivity contribution in [2.24, 2.45) is 0 Å². The van der Waals surface area contributed by atoms with Crippen LogP contribution in [0.2, 0.25) is 0 Å². The summed E-state index contributed by atoms with van der Waals surface area (Å²) < 4.78 is 31.0. The van der Waals surface area contributed by atoms with Gasteiger partial charge in [0, 0.05) is 12.3 Å². The minimum absolute atomic E-state index is 0.0309. The number of aliphatic hydroxyl groups excluding tert-OH is 1. The van der Waals surface area contributed by atoms with Crippen molar-refractivity contribution in [3.63, 3.8) is 0 Å². The Bertz CT molecular complexity index is 649. The molecule has 0 saturated carbocycles. The summed E-state index contributed by atoms with van der Waals surface area (Å²) in [4.78, 5) is 3.78. The van der Waals surface area contributed by atoms with Crippen molar-refractivity contribution in [2.45, 2.75) is 25.1 Å². The van der Waals surface area contributed by atoms with Gasteiger partial charge in [-0.15, -0.1) is 0 Å². The maximum absolute atomic E-state index is 11.9. The van der Waals surface area contributed by atoms with Crippen LogP contribution in [-0.2, 0) is 23.2 Å². The summed E-state index contributed by atoms with van der Waals surface area (Å²) >= 11 is 0. The SMILES string of the molecule is Cc1cc(CNS(=O)(=O)c2ccc(CO)cn2)no1. The number of aryl methyl sites for hydroxylation is 1. The van der Waals surface area contributed by atoms with E-state index in [1.54, 1.807) is 13.0 Å². The molecule has 0 fully saturated rings. The van der Waals surface area contributed by atoms with E-state index in [-0.39, 0.29) is 18.2 Å². The van der Waals surface area contributed by atoms with E-state index in [1.165, 1.54) is 18.3 Å². The van der Waals surface area contributed by atoms with Crippen molar-refractivity contribution in [1.29, 1.82) is 0 Å². The van der Waals surface area contributed by atoms with Crippen LogP contribution in [0, 0.1) is 6.92 Å². The number of nitrogens with zero attached hydrogens (tertiary/aromatic N) is 2. The number of rotatable bonds is 5. The highest BCUT2D eigenvalue weighted by atomic mass is 32.2. The average molecular weight is 283 g/mol. The third-order valence-electron chi connectivity index (χ3n) is 2.38. The Balaban J connectivity index is 2.09. The molecule has 0 aliphatic carbocycles. The van der Waals surface area contributed by atoms with Crippen LogP contribution in [0.5, 0.6) is 0 Å². The first-order valence-corrected chi connectivity index (χ1v) is 6.97. The summed E-state index contributed by atoms with van der Waals surface area (Å²) in [7, 11) is -3.70. The van der Waals surface area contributed by atoms with Crippen molar-refractivity contribution in [3.8, 4) is 0 Å². The second kappa shape index (κ2) is 5.47. The zero-order valence-electron chi connectivity index (χ0n) is 10.2. The number of aliphatic hydroxyl groups is 1. The second-order valence-electron chi connectivity index (χ2n) is 3.92. The predicted molar refractivity (Wildman–Crippen MR) is 65.4 cm³/mol. The van der Waals surface area contributed by atoms with Gasteiger partial charge >= 0.3 is 0 Å². The van der Waals surface area contributed by atoms with Gasteiger partial charge in [-0.2, -0.15) is 0 Å². The lowest BCUT2D eigenvalue weighted by Crippen LogP contribution is -2.24. The van der Waals surface area contributed by atoms with Gasteiger partial charge in [-0.1, -0.05) is 11.2 Å². The first-order chi connectivity index (χ1) is 9.01. The molecule has 0 saturated heterocycles. The van der Waals surface area contributed by atoms with Gasteiger partial charge in [0.15, 0.2) is 5.03 Å². The van der Waals surface area contributed by atoms with Gasteiger partial charge in [-0.05, 0) is 18.6 Å². The lowest BCUT2D eigenvalue weighted by Gasteiger charge is -2.04. The van der Waals surface area contributed by atoms with Crippen LogP contribution in [0.25, 0.3) is 0 Å². The van der Waals surface area contributed by atoms with Gasteiger partial charge in [0.25, 0.3) is 10.0 Å². The van der Waals surface area contributed by atoms with Gasteiger partial charge in [0.2, 0.25) is 0 Å². The quantitative estimate of drug-likeness (QED) is 0.820. The van der Waals surface area contributed by atoms with Crippen LogP contribution in [0.1, 0.15) is 17.0 Å². The Kier molecular flexibility index (Phi) is 3.93. The molecule has 19 heavy (non-hydrogen) atoms. The predicted octanol–water partition coefficient (Wildman–Crippen LogP) is 0.349. The summed E-state index contributed by atoms with van der Waals surface area (Å²) in [5, 5.41) is 12.4. The monoisotopic (exact) mass is 283 g/mol. The number of hydrogen-bond acceptors (Lipinski definition) is 6. The van der Waals surface area contributed by atoms with E-state index in [0.717, 1.165) is 0 Å². The number of hydrogen-bond donors (Lipinski definition) is 2. The molecule has 0 aromatic carbocycles. The zero-order chi connectivity index (χ0) is 13.9. The first-order valence-electron chi connectivity index (χ1n) is 5.49. The van der Waals surface area contributed by atoms with Gasteiger partial charge in [0.1, 0.15) is 5.76 Å². The van der Waals surface area contributed by atoms with Crippen LogP contribution in [0.4, 0.5) is 0 Å². The molecule has 0 aliphatic heterocycles. The van der Waals surface area contributed by atoms with Crippen molar-refractivity contribution >= 4 is 10.0 Å². The molecular formula is C11H13N3O4S. The summed E-state index contributed by atoms with van der Waals surface area (Å²) in [6, 6.07) is 4.48. The fourth-order valence-corrected chi connectivity index (χ4v) is 2.33. The highest BCUT2D eigenvalue weighted by Crippen LogP contribution is 2.08. The van der Waals surface area contributed by atoms with Crippen LogP contribution in [-0.4, -0.2) is 23.7 Å². The summed E-state index contributed by atoms with van der Waals surface area (Å²) in [6.45, 7) is 1.57. The highest BCUT2D eigenvalue weighted by molar-refractivity contribution is 7.89. The molecule has 2 heterocycles. The Labute approximate surface area is 110 Å². The molecular weight excluding hydrogens is 270 g/mol. The zero-order valence-corrected chi connectivity index (χ0v) is 11.0. The first kappa shape index (κ1) is 13.7. The summed E-state index contributed by atoms with van der Waals surface area (Å²) in [5.41, 5.74) is 1.04. The fraction of sp³-hybridized carbons (Fsp3) is 0.273. The molecule has 2 rings (SSSR count). The molecule has 8 heteroatoms. The van der Waals surface area contributed by atoms with Gasteiger partial charge < -0.3 is 9.63 Å². The maximum Gasteiger partial charge on any atom is 0.258 e. The Morgan fingerprint density at radius 3 is 2.74 bits per heavy atom. The number of pyridine rings is 1. The Hall–Kier alpha value is -1.77.